The quantitative estimate of drug-likeness (QED) is 0.433. The number of benzene rings is 1. The van der Waals surface area contributed by atoms with E-state index in [2.05, 4.69) is 17.2 Å². The van der Waals surface area contributed by atoms with Gasteiger partial charge in [0.15, 0.2) is 5.96 Å². The molecule has 1 aliphatic rings. The van der Waals surface area contributed by atoms with E-state index in [1.165, 1.54) is 25.7 Å². The van der Waals surface area contributed by atoms with Crippen LogP contribution in [0.3, 0.4) is 0 Å². The Hall–Kier alpha value is -0.820. The smallest absolute Gasteiger partial charge is 0.193 e. The number of hydrogen-bond acceptors (Lipinski definition) is 2. The summed E-state index contributed by atoms with van der Waals surface area (Å²) in [7, 11) is 1.69. The van der Waals surface area contributed by atoms with E-state index in [0.29, 0.717) is 18.5 Å². The Morgan fingerprint density at radius 3 is 2.77 bits per heavy atom. The molecule has 2 rings (SSSR count). The van der Waals surface area contributed by atoms with Crippen molar-refractivity contribution >= 4 is 35.6 Å². The topological polar surface area (TPSA) is 59.6 Å². The summed E-state index contributed by atoms with van der Waals surface area (Å²) in [4.78, 5) is 4.54. The maximum absolute atomic E-state index is 6.03. The summed E-state index contributed by atoms with van der Waals surface area (Å²) < 4.78 is 5.20. The molecule has 2 unspecified atom stereocenters. The summed E-state index contributed by atoms with van der Waals surface area (Å²) in [6, 6.07) is 8.01. The van der Waals surface area contributed by atoms with E-state index in [-0.39, 0.29) is 24.0 Å². The molecule has 0 amide bonds. The van der Waals surface area contributed by atoms with Gasteiger partial charge in [-0.1, -0.05) is 44.4 Å². The zero-order chi connectivity index (χ0) is 15.1. The summed E-state index contributed by atoms with van der Waals surface area (Å²) >= 11 is 0. The predicted molar refractivity (Wildman–Crippen MR) is 104 cm³/mol. The van der Waals surface area contributed by atoms with Gasteiger partial charge in [0.05, 0.1) is 6.61 Å². The number of nitrogens with one attached hydrogen (secondary N) is 1. The minimum Gasteiger partial charge on any atom is -0.380 e. The first kappa shape index (κ1) is 19.2. The third-order valence-corrected chi connectivity index (χ3v) is 4.37. The molecule has 0 bridgehead atoms. The van der Waals surface area contributed by atoms with Crippen molar-refractivity contribution in [2.24, 2.45) is 22.6 Å². The fourth-order valence-electron chi connectivity index (χ4n) is 2.98. The van der Waals surface area contributed by atoms with Crippen molar-refractivity contribution in [1.29, 1.82) is 0 Å². The van der Waals surface area contributed by atoms with Gasteiger partial charge in [0.25, 0.3) is 0 Å². The molecule has 124 valence electrons. The Morgan fingerprint density at radius 1 is 1.32 bits per heavy atom. The molecule has 0 saturated heterocycles. The summed E-state index contributed by atoms with van der Waals surface area (Å²) in [6.45, 7) is 3.72. The fourth-order valence-corrected chi connectivity index (χ4v) is 2.98. The van der Waals surface area contributed by atoms with Crippen LogP contribution in [0.1, 0.15) is 38.2 Å². The molecule has 0 aliphatic heterocycles. The molecular formula is C17H28IN3O. The molecule has 0 heterocycles. The van der Waals surface area contributed by atoms with Gasteiger partial charge in [-0.25, -0.2) is 0 Å². The van der Waals surface area contributed by atoms with Crippen LogP contribution < -0.4 is 11.1 Å². The van der Waals surface area contributed by atoms with Crippen molar-refractivity contribution < 1.29 is 4.74 Å². The largest absolute Gasteiger partial charge is 0.380 e. The normalized spacial score (nSPS) is 22.0. The zero-order valence-corrected chi connectivity index (χ0v) is 15.9. The lowest BCUT2D eigenvalue weighted by molar-refractivity contribution is 0.185. The Kier molecular flexibility index (Phi) is 8.78. The highest BCUT2D eigenvalue weighted by atomic mass is 127. The minimum atomic E-state index is 0. The van der Waals surface area contributed by atoms with E-state index >= 15 is 0 Å². The van der Waals surface area contributed by atoms with Crippen LogP contribution in [0.5, 0.6) is 0 Å². The van der Waals surface area contributed by atoms with Gasteiger partial charge in [0.1, 0.15) is 0 Å². The highest BCUT2D eigenvalue weighted by molar-refractivity contribution is 14.0. The van der Waals surface area contributed by atoms with Gasteiger partial charge in [-0.05, 0) is 24.3 Å². The average molecular weight is 417 g/mol. The lowest BCUT2D eigenvalue weighted by Gasteiger charge is -2.27. The third kappa shape index (κ3) is 5.76. The Morgan fingerprint density at radius 2 is 2.05 bits per heavy atom. The molecule has 0 radical (unpaired) electrons. The van der Waals surface area contributed by atoms with Gasteiger partial charge >= 0.3 is 0 Å². The van der Waals surface area contributed by atoms with E-state index in [9.17, 15) is 0 Å². The molecule has 5 heteroatoms. The van der Waals surface area contributed by atoms with Gasteiger partial charge in [0.2, 0.25) is 0 Å². The molecule has 0 aromatic heterocycles. The second kappa shape index (κ2) is 10.0. The van der Waals surface area contributed by atoms with Crippen LogP contribution in [0.4, 0.5) is 5.69 Å². The van der Waals surface area contributed by atoms with E-state index in [1.54, 1.807) is 7.11 Å². The number of hydrogen-bond donors (Lipinski definition) is 2. The van der Waals surface area contributed by atoms with Crippen molar-refractivity contribution in [1.82, 2.24) is 0 Å². The van der Waals surface area contributed by atoms with Crippen molar-refractivity contribution in [3.8, 4) is 0 Å². The van der Waals surface area contributed by atoms with E-state index in [4.69, 9.17) is 10.5 Å². The summed E-state index contributed by atoms with van der Waals surface area (Å²) in [5.74, 6) is 1.93. The zero-order valence-electron chi connectivity index (χ0n) is 13.5. The molecule has 1 aromatic rings. The number of rotatable bonds is 5. The van der Waals surface area contributed by atoms with Crippen LogP contribution in [0.15, 0.2) is 29.3 Å². The molecule has 1 aliphatic carbocycles. The molecule has 1 aromatic carbocycles. The number of aliphatic imine (C=N–C) groups is 1. The van der Waals surface area contributed by atoms with Crippen LogP contribution in [0.2, 0.25) is 0 Å². The summed E-state index contributed by atoms with van der Waals surface area (Å²) in [6.07, 6.45) is 5.29. The standard InChI is InChI=1S/C17H27N3O.HI/c1-13-7-3-4-8-14(13)11-19-17(18)20-16-10-6-5-9-15(16)12-21-2;/h5-6,9-10,13-14H,3-4,7-8,11-12H2,1-2H3,(H3,18,19,20);1H. The molecule has 1 saturated carbocycles. The molecule has 3 N–H and O–H groups in total. The van der Waals surface area contributed by atoms with Crippen molar-refractivity contribution in [2.75, 3.05) is 19.0 Å². The number of nitrogens with zero attached hydrogens (tertiary/aromatic N) is 1. The number of nitrogens with two attached hydrogens (primary N) is 1. The molecule has 22 heavy (non-hydrogen) atoms. The first-order valence-electron chi connectivity index (χ1n) is 7.84. The average Bonchev–Trinajstić information content (AvgIpc) is 2.49. The second-order valence-electron chi connectivity index (χ2n) is 5.96. The lowest BCUT2D eigenvalue weighted by atomic mass is 9.80. The van der Waals surface area contributed by atoms with Crippen LogP contribution in [0, 0.1) is 11.8 Å². The summed E-state index contributed by atoms with van der Waals surface area (Å²) in [5.41, 5.74) is 8.09. The van der Waals surface area contributed by atoms with E-state index in [1.807, 2.05) is 24.3 Å². The first-order chi connectivity index (χ1) is 10.2. The molecule has 1 fully saturated rings. The van der Waals surface area contributed by atoms with E-state index in [0.717, 1.165) is 23.7 Å². The maximum Gasteiger partial charge on any atom is 0.193 e. The van der Waals surface area contributed by atoms with Gasteiger partial charge < -0.3 is 15.8 Å². The molecule has 4 nitrogen and oxygen atoms in total. The van der Waals surface area contributed by atoms with Crippen molar-refractivity contribution in [2.45, 2.75) is 39.2 Å². The number of methoxy groups -OCH3 is 1. The fraction of sp³-hybridized carbons (Fsp3) is 0.588. The number of anilines is 1. The summed E-state index contributed by atoms with van der Waals surface area (Å²) in [5, 5.41) is 3.20. The molecule has 0 spiro atoms. The van der Waals surface area contributed by atoms with Crippen molar-refractivity contribution in [3.63, 3.8) is 0 Å². The Labute approximate surface area is 150 Å². The second-order valence-corrected chi connectivity index (χ2v) is 5.96. The van der Waals surface area contributed by atoms with Crippen molar-refractivity contribution in [3.05, 3.63) is 29.8 Å². The highest BCUT2D eigenvalue weighted by Gasteiger charge is 2.20. The SMILES string of the molecule is COCc1ccccc1NC(N)=NCC1CCCCC1C.I. The predicted octanol–water partition coefficient (Wildman–Crippen LogP) is 4.00. The van der Waals surface area contributed by atoms with Crippen LogP contribution >= 0.6 is 24.0 Å². The number of ether oxygens (including phenoxy) is 1. The number of halogens is 1. The molecular weight excluding hydrogens is 389 g/mol. The van der Waals surface area contributed by atoms with E-state index < -0.39 is 0 Å². The highest BCUT2D eigenvalue weighted by Crippen LogP contribution is 2.29. The maximum atomic E-state index is 6.03. The molecule has 2 atom stereocenters. The van der Waals surface area contributed by atoms with Gasteiger partial charge in [0, 0.05) is 24.9 Å². The van der Waals surface area contributed by atoms with Gasteiger partial charge in [-0.15, -0.1) is 24.0 Å². The lowest BCUT2D eigenvalue weighted by Crippen LogP contribution is -2.26. The van der Waals surface area contributed by atoms with Crippen LogP contribution in [0.25, 0.3) is 0 Å². The van der Waals surface area contributed by atoms with Crippen LogP contribution in [-0.2, 0) is 11.3 Å². The number of para-hydroxylation sites is 1. The monoisotopic (exact) mass is 417 g/mol. The Bertz CT molecular complexity index is 479. The number of guanidine groups is 1. The van der Waals surface area contributed by atoms with Gasteiger partial charge in [-0.3, -0.25) is 4.99 Å². The van der Waals surface area contributed by atoms with Gasteiger partial charge in [-0.2, -0.15) is 0 Å². The minimum absolute atomic E-state index is 0. The first-order valence-corrected chi connectivity index (χ1v) is 7.84. The Balaban J connectivity index is 0.00000242. The van der Waals surface area contributed by atoms with Crippen LogP contribution in [-0.4, -0.2) is 19.6 Å². The third-order valence-electron chi connectivity index (χ3n) is 4.37.